The molecule has 2 rings (SSSR count). The number of carbonyl (C=O) groups is 1. The Bertz CT molecular complexity index is 406. The number of hydrogen-bond donors (Lipinski definition) is 2. The second-order valence-electron chi connectivity index (χ2n) is 5.37. The molecule has 110 valence electrons. The maximum atomic E-state index is 11.9. The first-order valence-corrected chi connectivity index (χ1v) is 7.85. The van der Waals surface area contributed by atoms with Gasteiger partial charge >= 0.3 is 0 Å². The number of carbonyl (C=O) groups excluding carboxylic acids is 1. The van der Waals surface area contributed by atoms with E-state index in [9.17, 15) is 4.79 Å². The largest absolute Gasteiger partial charge is 0.381 e. The summed E-state index contributed by atoms with van der Waals surface area (Å²) in [6.45, 7) is 2.28. The molecule has 1 aromatic carbocycles. The van der Waals surface area contributed by atoms with Gasteiger partial charge in [-0.2, -0.15) is 12.6 Å². The molecule has 1 aliphatic carbocycles. The molecule has 1 unspecified atom stereocenters. The second kappa shape index (κ2) is 8.32. The van der Waals surface area contributed by atoms with Gasteiger partial charge in [-0.1, -0.05) is 30.3 Å². The monoisotopic (exact) mass is 293 g/mol. The van der Waals surface area contributed by atoms with Crippen molar-refractivity contribution in [3.05, 3.63) is 35.9 Å². The quantitative estimate of drug-likeness (QED) is 0.542. The number of hydrogen-bond acceptors (Lipinski definition) is 3. The Morgan fingerprint density at radius 2 is 2.10 bits per heavy atom. The predicted octanol–water partition coefficient (Wildman–Crippen LogP) is 2.46. The zero-order chi connectivity index (χ0) is 14.2. The third-order valence-corrected chi connectivity index (χ3v) is 3.81. The van der Waals surface area contributed by atoms with E-state index in [1.807, 2.05) is 30.3 Å². The Hall–Kier alpha value is -1.00. The van der Waals surface area contributed by atoms with E-state index in [1.54, 1.807) is 0 Å². The maximum absolute atomic E-state index is 11.9. The highest BCUT2D eigenvalue weighted by molar-refractivity contribution is 7.81. The minimum Gasteiger partial charge on any atom is -0.381 e. The van der Waals surface area contributed by atoms with Gasteiger partial charge in [0.05, 0.1) is 5.25 Å². The van der Waals surface area contributed by atoms with Crippen LogP contribution in [-0.4, -0.2) is 30.9 Å². The standard InChI is InChI=1S/C16H23NO2S/c18-16(15(20)11-13-5-2-1-3-6-13)17-9-4-10-19-12-14-7-8-14/h1-3,5-6,14-15,20H,4,7-12H2,(H,17,18). The molecule has 0 saturated heterocycles. The highest BCUT2D eigenvalue weighted by Gasteiger charge is 2.20. The van der Waals surface area contributed by atoms with Crippen LogP contribution in [-0.2, 0) is 16.0 Å². The van der Waals surface area contributed by atoms with Crippen LogP contribution in [0.3, 0.4) is 0 Å². The second-order valence-corrected chi connectivity index (χ2v) is 5.99. The van der Waals surface area contributed by atoms with Crippen LogP contribution in [0.1, 0.15) is 24.8 Å². The van der Waals surface area contributed by atoms with Gasteiger partial charge < -0.3 is 10.1 Å². The molecule has 1 aliphatic rings. The van der Waals surface area contributed by atoms with Gasteiger partial charge in [0.1, 0.15) is 0 Å². The van der Waals surface area contributed by atoms with Gasteiger partial charge in [-0.25, -0.2) is 0 Å². The van der Waals surface area contributed by atoms with Crippen molar-refractivity contribution in [1.82, 2.24) is 5.32 Å². The number of rotatable bonds is 9. The van der Waals surface area contributed by atoms with Crippen molar-refractivity contribution in [3.63, 3.8) is 0 Å². The number of amides is 1. The lowest BCUT2D eigenvalue weighted by atomic mass is 10.1. The molecule has 20 heavy (non-hydrogen) atoms. The summed E-state index contributed by atoms with van der Waals surface area (Å²) in [7, 11) is 0. The molecule has 0 aromatic heterocycles. The Balaban J connectivity index is 1.54. The minimum absolute atomic E-state index is 0.000575. The fourth-order valence-corrected chi connectivity index (χ4v) is 2.27. The molecular formula is C16H23NO2S. The molecule has 1 fully saturated rings. The molecule has 1 amide bonds. The molecular weight excluding hydrogens is 270 g/mol. The molecule has 3 nitrogen and oxygen atoms in total. The third kappa shape index (κ3) is 5.97. The van der Waals surface area contributed by atoms with Gasteiger partial charge in [0.25, 0.3) is 0 Å². The van der Waals surface area contributed by atoms with Crippen molar-refractivity contribution >= 4 is 18.5 Å². The normalized spacial score (nSPS) is 15.8. The molecule has 1 atom stereocenters. The van der Waals surface area contributed by atoms with Crippen molar-refractivity contribution in [3.8, 4) is 0 Å². The van der Waals surface area contributed by atoms with E-state index in [4.69, 9.17) is 4.74 Å². The highest BCUT2D eigenvalue weighted by Crippen LogP contribution is 2.28. The molecule has 0 heterocycles. The van der Waals surface area contributed by atoms with Crippen LogP contribution in [0.15, 0.2) is 30.3 Å². The third-order valence-electron chi connectivity index (χ3n) is 3.39. The number of thiol groups is 1. The molecule has 4 heteroatoms. The average molecular weight is 293 g/mol. The first-order valence-electron chi connectivity index (χ1n) is 7.33. The topological polar surface area (TPSA) is 38.3 Å². The smallest absolute Gasteiger partial charge is 0.233 e. The lowest BCUT2D eigenvalue weighted by Crippen LogP contribution is -2.33. The molecule has 1 saturated carbocycles. The van der Waals surface area contributed by atoms with Crippen LogP contribution >= 0.6 is 12.6 Å². The molecule has 0 spiro atoms. The van der Waals surface area contributed by atoms with Crippen LogP contribution in [0.5, 0.6) is 0 Å². The van der Waals surface area contributed by atoms with Crippen LogP contribution < -0.4 is 5.32 Å². The van der Waals surface area contributed by atoms with Crippen molar-refractivity contribution in [2.24, 2.45) is 5.92 Å². The summed E-state index contributed by atoms with van der Waals surface area (Å²) >= 11 is 4.37. The summed E-state index contributed by atoms with van der Waals surface area (Å²) < 4.78 is 5.53. The van der Waals surface area contributed by atoms with Gasteiger partial charge in [-0.3, -0.25) is 4.79 Å². The van der Waals surface area contributed by atoms with Gasteiger partial charge in [-0.05, 0) is 37.2 Å². The summed E-state index contributed by atoms with van der Waals surface area (Å²) in [5.74, 6) is 0.802. The fourth-order valence-electron chi connectivity index (χ4n) is 1.97. The van der Waals surface area contributed by atoms with E-state index < -0.39 is 0 Å². The molecule has 0 bridgehead atoms. The summed E-state index contributed by atoms with van der Waals surface area (Å²) in [5.41, 5.74) is 1.13. The molecule has 1 aromatic rings. The number of ether oxygens (including phenoxy) is 1. The van der Waals surface area contributed by atoms with Crippen molar-refractivity contribution in [2.45, 2.75) is 30.9 Å². The molecule has 1 N–H and O–H groups in total. The van der Waals surface area contributed by atoms with Crippen LogP contribution in [0, 0.1) is 5.92 Å². The van der Waals surface area contributed by atoms with Crippen LogP contribution in [0.4, 0.5) is 0 Å². The average Bonchev–Trinajstić information content (AvgIpc) is 3.27. The summed E-state index contributed by atoms with van der Waals surface area (Å²) in [6, 6.07) is 9.96. The number of nitrogens with one attached hydrogen (secondary N) is 1. The highest BCUT2D eigenvalue weighted by atomic mass is 32.1. The van der Waals surface area contributed by atoms with Gasteiger partial charge in [-0.15, -0.1) is 0 Å². The minimum atomic E-state index is -0.287. The van der Waals surface area contributed by atoms with E-state index in [0.29, 0.717) is 13.0 Å². The van der Waals surface area contributed by atoms with E-state index >= 15 is 0 Å². The summed E-state index contributed by atoms with van der Waals surface area (Å²) in [5, 5.41) is 2.62. The van der Waals surface area contributed by atoms with Crippen LogP contribution in [0.2, 0.25) is 0 Å². The van der Waals surface area contributed by atoms with Crippen LogP contribution in [0.25, 0.3) is 0 Å². The number of benzene rings is 1. The zero-order valence-corrected chi connectivity index (χ0v) is 12.6. The van der Waals surface area contributed by atoms with Crippen molar-refractivity contribution in [2.75, 3.05) is 19.8 Å². The molecule has 0 radical (unpaired) electrons. The van der Waals surface area contributed by atoms with E-state index in [-0.39, 0.29) is 11.2 Å². The zero-order valence-electron chi connectivity index (χ0n) is 11.8. The van der Waals surface area contributed by atoms with Gasteiger partial charge in [0.2, 0.25) is 5.91 Å². The van der Waals surface area contributed by atoms with Gasteiger partial charge in [0.15, 0.2) is 0 Å². The lowest BCUT2D eigenvalue weighted by molar-refractivity contribution is -0.120. The molecule has 0 aliphatic heterocycles. The predicted molar refractivity (Wildman–Crippen MR) is 84.1 cm³/mol. The maximum Gasteiger partial charge on any atom is 0.233 e. The SMILES string of the molecule is O=C(NCCCOCC1CC1)C(S)Cc1ccccc1. The van der Waals surface area contributed by atoms with E-state index in [0.717, 1.165) is 31.1 Å². The Morgan fingerprint density at radius 3 is 2.80 bits per heavy atom. The summed E-state index contributed by atoms with van der Waals surface area (Å²) in [4.78, 5) is 11.9. The first-order chi connectivity index (χ1) is 9.75. The Labute approximate surface area is 126 Å². The van der Waals surface area contributed by atoms with Gasteiger partial charge in [0, 0.05) is 19.8 Å². The van der Waals surface area contributed by atoms with Crippen molar-refractivity contribution < 1.29 is 9.53 Å². The van der Waals surface area contributed by atoms with E-state index in [2.05, 4.69) is 17.9 Å². The van der Waals surface area contributed by atoms with Crippen molar-refractivity contribution in [1.29, 1.82) is 0 Å². The summed E-state index contributed by atoms with van der Waals surface area (Å²) in [6.07, 6.45) is 4.16. The van der Waals surface area contributed by atoms with E-state index in [1.165, 1.54) is 12.8 Å². The fraction of sp³-hybridized carbons (Fsp3) is 0.562. The Kier molecular flexibility index (Phi) is 6.40. The lowest BCUT2D eigenvalue weighted by Gasteiger charge is -2.11. The Morgan fingerprint density at radius 1 is 1.35 bits per heavy atom. The first kappa shape index (κ1) is 15.4.